The van der Waals surface area contributed by atoms with Crippen molar-refractivity contribution in [2.75, 3.05) is 20.2 Å². The molecule has 5 nitrogen and oxygen atoms in total. The van der Waals surface area contributed by atoms with Crippen LogP contribution in [0, 0.1) is 18.8 Å². The zero-order valence-electron chi connectivity index (χ0n) is 11.5. The maximum atomic E-state index is 12.3. The number of methoxy groups -OCH3 is 1. The number of esters is 1. The SMILES string of the molecule is COC(=O)[C@H]1CCN(C(=O)c2ccoc2C)C[C@@H]1C. The van der Waals surface area contributed by atoms with E-state index in [1.54, 1.807) is 17.9 Å². The minimum Gasteiger partial charge on any atom is -0.469 e. The number of furan rings is 1. The van der Waals surface area contributed by atoms with Crippen LogP contribution in [0.1, 0.15) is 29.5 Å². The molecule has 0 spiro atoms. The normalized spacial score (nSPS) is 23.2. The lowest BCUT2D eigenvalue weighted by atomic mass is 9.86. The summed E-state index contributed by atoms with van der Waals surface area (Å²) in [6.07, 6.45) is 2.17. The smallest absolute Gasteiger partial charge is 0.309 e. The Kier molecular flexibility index (Phi) is 3.93. The van der Waals surface area contributed by atoms with E-state index in [4.69, 9.17) is 9.15 Å². The molecule has 1 amide bonds. The van der Waals surface area contributed by atoms with Crippen molar-refractivity contribution in [1.82, 2.24) is 4.90 Å². The Bertz CT molecular complexity index is 480. The van der Waals surface area contributed by atoms with Gasteiger partial charge in [-0.2, -0.15) is 0 Å². The molecule has 2 heterocycles. The van der Waals surface area contributed by atoms with Crippen molar-refractivity contribution in [2.45, 2.75) is 20.3 Å². The number of aryl methyl sites for hydroxylation is 1. The molecular formula is C14H19NO4. The predicted molar refractivity (Wildman–Crippen MR) is 68.6 cm³/mol. The van der Waals surface area contributed by atoms with Gasteiger partial charge in [0.05, 0.1) is 24.9 Å². The van der Waals surface area contributed by atoms with Gasteiger partial charge in [-0.15, -0.1) is 0 Å². The van der Waals surface area contributed by atoms with Crippen molar-refractivity contribution in [3.8, 4) is 0 Å². The molecule has 1 aromatic heterocycles. The van der Waals surface area contributed by atoms with Gasteiger partial charge in [-0.3, -0.25) is 9.59 Å². The molecule has 1 aliphatic heterocycles. The molecule has 5 heteroatoms. The van der Waals surface area contributed by atoms with Crippen molar-refractivity contribution in [3.05, 3.63) is 23.7 Å². The Balaban J connectivity index is 2.04. The number of likely N-dealkylation sites (tertiary alicyclic amines) is 1. The fourth-order valence-corrected chi connectivity index (χ4v) is 2.61. The van der Waals surface area contributed by atoms with Gasteiger partial charge in [-0.1, -0.05) is 6.92 Å². The average molecular weight is 265 g/mol. The van der Waals surface area contributed by atoms with Crippen LogP contribution in [0.25, 0.3) is 0 Å². The number of nitrogens with zero attached hydrogens (tertiary/aromatic N) is 1. The third kappa shape index (κ3) is 2.64. The van der Waals surface area contributed by atoms with Gasteiger partial charge in [0.2, 0.25) is 0 Å². The van der Waals surface area contributed by atoms with E-state index >= 15 is 0 Å². The summed E-state index contributed by atoms with van der Waals surface area (Å²) in [7, 11) is 1.40. The van der Waals surface area contributed by atoms with E-state index < -0.39 is 0 Å². The van der Waals surface area contributed by atoms with Crippen molar-refractivity contribution in [3.63, 3.8) is 0 Å². The summed E-state index contributed by atoms with van der Waals surface area (Å²) < 4.78 is 9.95. The summed E-state index contributed by atoms with van der Waals surface area (Å²) >= 11 is 0. The first-order chi connectivity index (χ1) is 9.04. The van der Waals surface area contributed by atoms with Crippen LogP contribution in [0.4, 0.5) is 0 Å². The minimum atomic E-state index is -0.181. The second-order valence-corrected chi connectivity index (χ2v) is 5.04. The summed E-state index contributed by atoms with van der Waals surface area (Å²) in [6, 6.07) is 1.69. The Morgan fingerprint density at radius 1 is 1.47 bits per heavy atom. The zero-order chi connectivity index (χ0) is 14.0. The molecule has 104 valence electrons. The molecule has 1 aromatic rings. The first-order valence-corrected chi connectivity index (χ1v) is 6.45. The van der Waals surface area contributed by atoms with Crippen LogP contribution in [0.3, 0.4) is 0 Å². The largest absolute Gasteiger partial charge is 0.469 e. The lowest BCUT2D eigenvalue weighted by Crippen LogP contribution is -2.45. The standard InChI is InChI=1S/C14H19NO4/c1-9-8-15(6-4-11(9)14(17)18-3)13(16)12-5-7-19-10(12)2/h5,7,9,11H,4,6,8H2,1-3H3/t9-,11-/m0/s1. The van der Waals surface area contributed by atoms with Gasteiger partial charge < -0.3 is 14.1 Å². The van der Waals surface area contributed by atoms with Crippen molar-refractivity contribution < 1.29 is 18.7 Å². The summed E-state index contributed by atoms with van der Waals surface area (Å²) in [5.41, 5.74) is 0.601. The first kappa shape index (κ1) is 13.6. The van der Waals surface area contributed by atoms with Gasteiger partial charge in [-0.05, 0) is 25.3 Å². The van der Waals surface area contributed by atoms with Crippen LogP contribution >= 0.6 is 0 Å². The van der Waals surface area contributed by atoms with Gasteiger partial charge in [0, 0.05) is 13.1 Å². The van der Waals surface area contributed by atoms with Crippen LogP contribution in [0.15, 0.2) is 16.7 Å². The van der Waals surface area contributed by atoms with Crippen molar-refractivity contribution in [1.29, 1.82) is 0 Å². The number of carbonyl (C=O) groups is 2. The average Bonchev–Trinajstić information content (AvgIpc) is 2.83. The second-order valence-electron chi connectivity index (χ2n) is 5.04. The molecule has 2 atom stereocenters. The lowest BCUT2D eigenvalue weighted by molar-refractivity contribution is -0.148. The second kappa shape index (κ2) is 5.47. The van der Waals surface area contributed by atoms with E-state index in [0.717, 1.165) is 0 Å². The topological polar surface area (TPSA) is 59.8 Å². The van der Waals surface area contributed by atoms with Gasteiger partial charge in [0.25, 0.3) is 5.91 Å². The van der Waals surface area contributed by atoms with Crippen LogP contribution in [-0.2, 0) is 9.53 Å². The van der Waals surface area contributed by atoms with E-state index in [-0.39, 0.29) is 23.7 Å². The maximum absolute atomic E-state index is 12.3. The minimum absolute atomic E-state index is 0.0265. The van der Waals surface area contributed by atoms with Gasteiger partial charge in [0.15, 0.2) is 0 Å². The highest BCUT2D eigenvalue weighted by atomic mass is 16.5. The molecule has 2 rings (SSSR count). The summed E-state index contributed by atoms with van der Waals surface area (Å²) in [5.74, 6) is 0.421. The molecule has 1 saturated heterocycles. The van der Waals surface area contributed by atoms with Crippen LogP contribution in [0.5, 0.6) is 0 Å². The van der Waals surface area contributed by atoms with E-state index in [0.29, 0.717) is 30.8 Å². The quantitative estimate of drug-likeness (QED) is 0.766. The van der Waals surface area contributed by atoms with Crippen molar-refractivity contribution >= 4 is 11.9 Å². The number of rotatable bonds is 2. The van der Waals surface area contributed by atoms with E-state index in [9.17, 15) is 9.59 Å². The van der Waals surface area contributed by atoms with Crippen LogP contribution < -0.4 is 0 Å². The molecule has 0 unspecified atom stereocenters. The summed E-state index contributed by atoms with van der Waals surface area (Å²) in [5, 5.41) is 0. The monoisotopic (exact) mass is 265 g/mol. The molecule has 0 saturated carbocycles. The summed E-state index contributed by atoms with van der Waals surface area (Å²) in [6.45, 7) is 4.90. The van der Waals surface area contributed by atoms with Gasteiger partial charge in [0.1, 0.15) is 5.76 Å². The molecule has 1 aliphatic rings. The zero-order valence-corrected chi connectivity index (χ0v) is 11.5. The molecule has 0 N–H and O–H groups in total. The Morgan fingerprint density at radius 3 is 2.74 bits per heavy atom. The third-order valence-electron chi connectivity index (χ3n) is 3.79. The number of hydrogen-bond donors (Lipinski definition) is 0. The number of piperidine rings is 1. The molecule has 1 fully saturated rings. The van der Waals surface area contributed by atoms with E-state index in [2.05, 4.69) is 0 Å². The fourth-order valence-electron chi connectivity index (χ4n) is 2.61. The molecule has 0 radical (unpaired) electrons. The maximum Gasteiger partial charge on any atom is 0.309 e. The third-order valence-corrected chi connectivity index (χ3v) is 3.79. The van der Waals surface area contributed by atoms with Crippen LogP contribution in [0.2, 0.25) is 0 Å². The Morgan fingerprint density at radius 2 is 2.21 bits per heavy atom. The highest BCUT2D eigenvalue weighted by molar-refractivity contribution is 5.95. The number of ether oxygens (including phenoxy) is 1. The number of carbonyl (C=O) groups excluding carboxylic acids is 2. The highest BCUT2D eigenvalue weighted by Gasteiger charge is 2.34. The Hall–Kier alpha value is -1.78. The molecular weight excluding hydrogens is 246 g/mol. The van der Waals surface area contributed by atoms with Crippen LogP contribution in [-0.4, -0.2) is 37.0 Å². The molecule has 0 aliphatic carbocycles. The first-order valence-electron chi connectivity index (χ1n) is 6.45. The molecule has 19 heavy (non-hydrogen) atoms. The van der Waals surface area contributed by atoms with Gasteiger partial charge in [-0.25, -0.2) is 0 Å². The van der Waals surface area contributed by atoms with Crippen molar-refractivity contribution in [2.24, 2.45) is 11.8 Å². The fraction of sp³-hybridized carbons (Fsp3) is 0.571. The number of amides is 1. The van der Waals surface area contributed by atoms with E-state index in [1.165, 1.54) is 13.4 Å². The number of hydrogen-bond acceptors (Lipinski definition) is 4. The van der Waals surface area contributed by atoms with Gasteiger partial charge >= 0.3 is 5.97 Å². The predicted octanol–water partition coefficient (Wildman–Crippen LogP) is 1.86. The van der Waals surface area contributed by atoms with E-state index in [1.807, 2.05) is 6.92 Å². The highest BCUT2D eigenvalue weighted by Crippen LogP contribution is 2.26. The molecule has 0 aromatic carbocycles. The molecule has 0 bridgehead atoms. The lowest BCUT2D eigenvalue weighted by Gasteiger charge is -2.35. The summed E-state index contributed by atoms with van der Waals surface area (Å²) in [4.78, 5) is 25.7. The Labute approximate surface area is 112 Å².